The van der Waals surface area contributed by atoms with E-state index < -0.39 is 0 Å². The van der Waals surface area contributed by atoms with Gasteiger partial charge in [-0.25, -0.2) is 0 Å². The first-order valence-corrected chi connectivity index (χ1v) is 3.88. The van der Waals surface area contributed by atoms with Crippen molar-refractivity contribution in [3.63, 3.8) is 0 Å². The predicted octanol–water partition coefficient (Wildman–Crippen LogP) is -0.711. The number of rotatable bonds is 0. The Balaban J connectivity index is 2.05. The van der Waals surface area contributed by atoms with Gasteiger partial charge in [-0.3, -0.25) is 4.90 Å². The molecule has 2 heterocycles. The minimum absolute atomic E-state index is 0.618. The van der Waals surface area contributed by atoms with E-state index in [1.165, 1.54) is 0 Å². The first kappa shape index (κ1) is 6.58. The minimum Gasteiger partial charge on any atom is -0.378 e. The third kappa shape index (κ3) is 0.944. The maximum atomic E-state index is 5.43. The van der Waals surface area contributed by atoms with E-state index in [0.29, 0.717) is 12.1 Å². The Hall–Kier alpha value is -0.120. The zero-order valence-electron chi connectivity index (χ0n) is 6.34. The van der Waals surface area contributed by atoms with Crippen LogP contribution in [0.2, 0.25) is 0 Å². The van der Waals surface area contributed by atoms with Gasteiger partial charge < -0.3 is 10.1 Å². The van der Waals surface area contributed by atoms with Gasteiger partial charge in [-0.2, -0.15) is 0 Å². The highest BCUT2D eigenvalue weighted by molar-refractivity contribution is 4.88. The number of ether oxygens (including phenoxy) is 1. The number of piperazine rings is 1. The lowest BCUT2D eigenvalue weighted by Gasteiger charge is -2.43. The van der Waals surface area contributed by atoms with E-state index in [0.717, 1.165) is 26.3 Å². The van der Waals surface area contributed by atoms with Crippen LogP contribution in [0.25, 0.3) is 0 Å². The van der Waals surface area contributed by atoms with Gasteiger partial charge in [0.2, 0.25) is 0 Å². The smallest absolute Gasteiger partial charge is 0.0635 e. The van der Waals surface area contributed by atoms with Crippen LogP contribution in [0.4, 0.5) is 0 Å². The van der Waals surface area contributed by atoms with Gasteiger partial charge in [-0.05, 0) is 7.05 Å². The molecule has 0 radical (unpaired) electrons. The standard InChI is InChI=1S/C7H14N2O/c1-9-6-2-8-3-7(9)5-10-4-6/h6-8H,2-5H2,1H3/t6-,7+. The molecule has 2 fully saturated rings. The van der Waals surface area contributed by atoms with Crippen molar-refractivity contribution in [2.24, 2.45) is 0 Å². The fraction of sp³-hybridized carbons (Fsp3) is 1.00. The molecule has 2 aliphatic heterocycles. The van der Waals surface area contributed by atoms with E-state index >= 15 is 0 Å². The van der Waals surface area contributed by atoms with Gasteiger partial charge in [0.05, 0.1) is 13.2 Å². The van der Waals surface area contributed by atoms with E-state index in [-0.39, 0.29) is 0 Å². The first-order chi connectivity index (χ1) is 4.88. The number of hydrogen-bond donors (Lipinski definition) is 1. The van der Waals surface area contributed by atoms with Crippen molar-refractivity contribution in [1.29, 1.82) is 0 Å². The maximum Gasteiger partial charge on any atom is 0.0635 e. The second kappa shape index (κ2) is 2.49. The quantitative estimate of drug-likeness (QED) is 0.483. The molecule has 0 aromatic carbocycles. The summed E-state index contributed by atoms with van der Waals surface area (Å²) in [4.78, 5) is 2.43. The highest BCUT2D eigenvalue weighted by Gasteiger charge is 2.31. The lowest BCUT2D eigenvalue weighted by atomic mass is 10.1. The summed E-state index contributed by atoms with van der Waals surface area (Å²) in [6.07, 6.45) is 0. The molecule has 0 saturated carbocycles. The van der Waals surface area contributed by atoms with Gasteiger partial charge in [0.15, 0.2) is 0 Å². The van der Waals surface area contributed by atoms with Crippen LogP contribution in [-0.4, -0.2) is 50.3 Å². The van der Waals surface area contributed by atoms with Gasteiger partial charge in [-0.15, -0.1) is 0 Å². The zero-order chi connectivity index (χ0) is 6.97. The normalized spacial score (nSPS) is 41.7. The predicted molar refractivity (Wildman–Crippen MR) is 39.0 cm³/mol. The number of nitrogens with zero attached hydrogens (tertiary/aromatic N) is 1. The first-order valence-electron chi connectivity index (χ1n) is 3.88. The molecule has 3 nitrogen and oxygen atoms in total. The summed E-state index contributed by atoms with van der Waals surface area (Å²) in [5.74, 6) is 0. The third-order valence-corrected chi connectivity index (χ3v) is 2.53. The molecule has 2 atom stereocenters. The molecule has 58 valence electrons. The summed E-state index contributed by atoms with van der Waals surface area (Å²) in [5.41, 5.74) is 0. The molecule has 0 spiro atoms. The van der Waals surface area contributed by atoms with Crippen LogP contribution in [0.3, 0.4) is 0 Å². The van der Waals surface area contributed by atoms with E-state index in [2.05, 4.69) is 17.3 Å². The molecular formula is C7H14N2O. The van der Waals surface area contributed by atoms with Crippen LogP contribution in [0.15, 0.2) is 0 Å². The summed E-state index contributed by atoms with van der Waals surface area (Å²) >= 11 is 0. The molecule has 2 rings (SSSR count). The summed E-state index contributed by atoms with van der Waals surface area (Å²) in [5, 5.41) is 3.40. The van der Waals surface area contributed by atoms with E-state index in [1.807, 2.05) is 0 Å². The van der Waals surface area contributed by atoms with Crippen LogP contribution in [0, 0.1) is 0 Å². The molecular weight excluding hydrogens is 128 g/mol. The minimum atomic E-state index is 0.618. The molecule has 3 heteroatoms. The molecule has 1 N–H and O–H groups in total. The third-order valence-electron chi connectivity index (χ3n) is 2.53. The fourth-order valence-electron chi connectivity index (χ4n) is 1.70. The number of nitrogens with one attached hydrogen (secondary N) is 1. The van der Waals surface area contributed by atoms with Crippen molar-refractivity contribution < 1.29 is 4.74 Å². The molecule has 0 aromatic rings. The molecule has 0 amide bonds. The lowest BCUT2D eigenvalue weighted by Crippen LogP contribution is -2.61. The monoisotopic (exact) mass is 142 g/mol. The Bertz CT molecular complexity index is 107. The molecule has 0 aromatic heterocycles. The molecule has 0 unspecified atom stereocenters. The molecule has 2 bridgehead atoms. The second-order valence-corrected chi connectivity index (χ2v) is 3.17. The highest BCUT2D eigenvalue weighted by atomic mass is 16.5. The van der Waals surface area contributed by atoms with Crippen LogP contribution >= 0.6 is 0 Å². The Morgan fingerprint density at radius 3 is 2.40 bits per heavy atom. The number of likely N-dealkylation sites (N-methyl/N-ethyl adjacent to an activating group) is 1. The van der Waals surface area contributed by atoms with E-state index in [4.69, 9.17) is 4.74 Å². The summed E-state index contributed by atoms with van der Waals surface area (Å²) in [6.45, 7) is 3.99. The van der Waals surface area contributed by atoms with Crippen molar-refractivity contribution in [1.82, 2.24) is 10.2 Å². The molecule has 10 heavy (non-hydrogen) atoms. The van der Waals surface area contributed by atoms with Gasteiger partial charge in [0.1, 0.15) is 0 Å². The zero-order valence-corrected chi connectivity index (χ0v) is 6.34. The van der Waals surface area contributed by atoms with Crippen LogP contribution in [-0.2, 0) is 4.74 Å². The largest absolute Gasteiger partial charge is 0.378 e. The number of fused-ring (bicyclic) bond motifs is 2. The SMILES string of the molecule is CN1[C@@H]2CNC[C@H]1COC2. The van der Waals surface area contributed by atoms with Crippen LogP contribution in [0.1, 0.15) is 0 Å². The van der Waals surface area contributed by atoms with Gasteiger partial charge in [0.25, 0.3) is 0 Å². The van der Waals surface area contributed by atoms with Crippen LogP contribution in [0.5, 0.6) is 0 Å². The average Bonchev–Trinajstić information content (AvgIpc) is 1.86. The Labute approximate surface area is 61.3 Å². The highest BCUT2D eigenvalue weighted by Crippen LogP contribution is 2.13. The van der Waals surface area contributed by atoms with Gasteiger partial charge in [-0.1, -0.05) is 0 Å². The van der Waals surface area contributed by atoms with Gasteiger partial charge in [0, 0.05) is 25.2 Å². The van der Waals surface area contributed by atoms with E-state index in [1.54, 1.807) is 0 Å². The molecule has 0 aliphatic carbocycles. The van der Waals surface area contributed by atoms with Crippen molar-refractivity contribution >= 4 is 0 Å². The Morgan fingerprint density at radius 1 is 1.30 bits per heavy atom. The summed E-state index contributed by atoms with van der Waals surface area (Å²) < 4.78 is 5.43. The fourth-order valence-corrected chi connectivity index (χ4v) is 1.70. The number of morpholine rings is 1. The van der Waals surface area contributed by atoms with Crippen molar-refractivity contribution in [3.05, 3.63) is 0 Å². The molecule has 2 aliphatic rings. The van der Waals surface area contributed by atoms with Crippen LogP contribution < -0.4 is 5.32 Å². The van der Waals surface area contributed by atoms with Crippen molar-refractivity contribution in [2.45, 2.75) is 12.1 Å². The maximum absolute atomic E-state index is 5.43. The molecule has 2 saturated heterocycles. The Morgan fingerprint density at radius 2 is 1.90 bits per heavy atom. The Kier molecular flexibility index (Phi) is 1.64. The van der Waals surface area contributed by atoms with E-state index in [9.17, 15) is 0 Å². The summed E-state index contributed by atoms with van der Waals surface area (Å²) in [6, 6.07) is 1.24. The van der Waals surface area contributed by atoms with Gasteiger partial charge >= 0.3 is 0 Å². The number of hydrogen-bond acceptors (Lipinski definition) is 3. The average molecular weight is 142 g/mol. The van der Waals surface area contributed by atoms with Crippen molar-refractivity contribution in [3.8, 4) is 0 Å². The lowest BCUT2D eigenvalue weighted by molar-refractivity contribution is -0.0511. The van der Waals surface area contributed by atoms with Crippen molar-refractivity contribution in [2.75, 3.05) is 33.4 Å². The summed E-state index contributed by atoms with van der Waals surface area (Å²) in [7, 11) is 2.19. The topological polar surface area (TPSA) is 24.5 Å². The second-order valence-electron chi connectivity index (χ2n) is 3.17.